The van der Waals surface area contributed by atoms with Gasteiger partial charge in [0, 0.05) is 18.0 Å². The largest absolute Gasteiger partial charge is 0.426 e. The van der Waals surface area contributed by atoms with Gasteiger partial charge in [0.15, 0.2) is 5.82 Å². The van der Waals surface area contributed by atoms with Crippen LogP contribution in [0.1, 0.15) is 90.0 Å². The number of rotatable bonds is 16. The van der Waals surface area contributed by atoms with Gasteiger partial charge in [-0.05, 0) is 48.1 Å². The van der Waals surface area contributed by atoms with E-state index < -0.39 is 12.1 Å². The van der Waals surface area contributed by atoms with Gasteiger partial charge in [0.05, 0.1) is 6.42 Å². The maximum atomic E-state index is 13.9. The van der Waals surface area contributed by atoms with Crippen LogP contribution in [-0.2, 0) is 11.2 Å². The molecule has 1 aromatic heterocycles. The molecule has 0 bridgehead atoms. The Bertz CT molecular complexity index is 1050. The minimum absolute atomic E-state index is 0.199. The van der Waals surface area contributed by atoms with Crippen LogP contribution in [0.5, 0.6) is 5.75 Å². The molecule has 0 saturated carbocycles. The van der Waals surface area contributed by atoms with E-state index in [-0.39, 0.29) is 6.42 Å². The number of hydrogen-bond donors (Lipinski definition) is 0. The number of halogens is 1. The van der Waals surface area contributed by atoms with Crippen molar-refractivity contribution in [3.8, 4) is 28.3 Å². The third-order valence-corrected chi connectivity index (χ3v) is 6.60. The molecule has 3 aromatic rings. The lowest BCUT2D eigenvalue weighted by Gasteiger charge is -2.09. The summed E-state index contributed by atoms with van der Waals surface area (Å²) in [5.74, 6) is 0.626. The molecule has 1 atom stereocenters. The van der Waals surface area contributed by atoms with Crippen molar-refractivity contribution in [1.29, 1.82) is 0 Å². The van der Waals surface area contributed by atoms with E-state index in [1.54, 1.807) is 12.1 Å². The molecular formula is C32H41FN2O2. The summed E-state index contributed by atoms with van der Waals surface area (Å²) in [6.45, 7) is 4.32. The molecule has 3 rings (SSSR count). The molecule has 0 aliphatic heterocycles. The molecule has 198 valence electrons. The van der Waals surface area contributed by atoms with Gasteiger partial charge in [-0.15, -0.1) is 0 Å². The molecule has 0 amide bonds. The van der Waals surface area contributed by atoms with Crippen molar-refractivity contribution in [2.24, 2.45) is 0 Å². The average Bonchev–Trinajstić information content (AvgIpc) is 2.92. The number of nitrogens with zero attached hydrogens (tertiary/aromatic N) is 2. The third kappa shape index (κ3) is 10.1. The first-order valence-electron chi connectivity index (χ1n) is 14.0. The number of aromatic nitrogens is 2. The van der Waals surface area contributed by atoms with Crippen molar-refractivity contribution < 1.29 is 13.9 Å². The van der Waals surface area contributed by atoms with Crippen molar-refractivity contribution in [3.05, 3.63) is 66.5 Å². The van der Waals surface area contributed by atoms with Crippen molar-refractivity contribution >= 4 is 5.97 Å². The summed E-state index contributed by atoms with van der Waals surface area (Å²) in [7, 11) is 0. The SMILES string of the molecule is CCCCCCCCc1cnc(-c2ccc(-c3ccc(OC(=O)CC(F)CCCCC)cc3)cc2)nc1. The van der Waals surface area contributed by atoms with Crippen molar-refractivity contribution in [2.75, 3.05) is 0 Å². The van der Waals surface area contributed by atoms with Crippen LogP contribution in [0, 0.1) is 0 Å². The Labute approximate surface area is 221 Å². The second kappa shape index (κ2) is 15.9. The Morgan fingerprint density at radius 3 is 1.95 bits per heavy atom. The fraction of sp³-hybridized carbons (Fsp3) is 0.469. The number of hydrogen-bond acceptors (Lipinski definition) is 4. The van der Waals surface area contributed by atoms with Gasteiger partial charge < -0.3 is 4.74 Å². The quantitative estimate of drug-likeness (QED) is 0.111. The van der Waals surface area contributed by atoms with Crippen LogP contribution in [0.4, 0.5) is 4.39 Å². The van der Waals surface area contributed by atoms with Gasteiger partial charge in [-0.25, -0.2) is 14.4 Å². The molecule has 0 spiro atoms. The van der Waals surface area contributed by atoms with Crippen LogP contribution in [0.25, 0.3) is 22.5 Å². The fourth-order valence-corrected chi connectivity index (χ4v) is 4.34. The highest BCUT2D eigenvalue weighted by Gasteiger charge is 2.14. The van der Waals surface area contributed by atoms with Crippen molar-refractivity contribution in [2.45, 2.75) is 97.1 Å². The molecule has 37 heavy (non-hydrogen) atoms. The number of aryl methyl sites for hydroxylation is 1. The minimum Gasteiger partial charge on any atom is -0.426 e. The zero-order valence-electron chi connectivity index (χ0n) is 22.4. The van der Waals surface area contributed by atoms with Crippen LogP contribution in [0.15, 0.2) is 60.9 Å². The summed E-state index contributed by atoms with van der Waals surface area (Å²) in [5.41, 5.74) is 4.21. The molecule has 0 fully saturated rings. The predicted octanol–water partition coefficient (Wildman–Crippen LogP) is 8.93. The number of carbonyl (C=O) groups excluding carboxylic acids is 1. The molecule has 1 heterocycles. The van der Waals surface area contributed by atoms with E-state index in [9.17, 15) is 9.18 Å². The maximum absolute atomic E-state index is 13.9. The van der Waals surface area contributed by atoms with Gasteiger partial charge in [-0.3, -0.25) is 4.79 Å². The van der Waals surface area contributed by atoms with E-state index in [2.05, 4.69) is 23.8 Å². The minimum atomic E-state index is -1.14. The van der Waals surface area contributed by atoms with Gasteiger partial charge in [0.1, 0.15) is 11.9 Å². The standard InChI is InChI=1S/C32H41FN2O2/c1-3-5-7-8-9-11-12-25-23-34-32(35-24-25)28-16-14-26(15-17-28)27-18-20-30(21-19-27)37-31(36)22-29(33)13-10-6-4-2/h14-21,23-24,29H,3-13,22H2,1-2H3. The van der Waals surface area contributed by atoms with Gasteiger partial charge in [0.25, 0.3) is 0 Å². The summed E-state index contributed by atoms with van der Waals surface area (Å²) >= 11 is 0. The Morgan fingerprint density at radius 1 is 0.757 bits per heavy atom. The van der Waals surface area contributed by atoms with E-state index >= 15 is 0 Å². The summed E-state index contributed by atoms with van der Waals surface area (Å²) in [6.07, 6.45) is 14.5. The number of ether oxygens (including phenoxy) is 1. The maximum Gasteiger partial charge on any atom is 0.314 e. The Hall–Kier alpha value is -3.08. The van der Waals surface area contributed by atoms with E-state index in [0.29, 0.717) is 12.2 Å². The molecule has 2 aromatic carbocycles. The lowest BCUT2D eigenvalue weighted by atomic mass is 10.0. The van der Waals surface area contributed by atoms with Gasteiger partial charge in [-0.2, -0.15) is 0 Å². The fourth-order valence-electron chi connectivity index (χ4n) is 4.34. The molecule has 0 aliphatic rings. The second-order valence-electron chi connectivity index (χ2n) is 9.81. The zero-order chi connectivity index (χ0) is 26.3. The van der Waals surface area contributed by atoms with E-state index in [1.165, 1.54) is 44.1 Å². The molecule has 0 saturated heterocycles. The molecule has 4 nitrogen and oxygen atoms in total. The second-order valence-corrected chi connectivity index (χ2v) is 9.81. The van der Waals surface area contributed by atoms with Gasteiger partial charge >= 0.3 is 5.97 Å². The predicted molar refractivity (Wildman–Crippen MR) is 149 cm³/mol. The highest BCUT2D eigenvalue weighted by Crippen LogP contribution is 2.25. The number of benzene rings is 2. The number of esters is 1. The zero-order valence-corrected chi connectivity index (χ0v) is 22.4. The van der Waals surface area contributed by atoms with E-state index in [0.717, 1.165) is 48.2 Å². The summed E-state index contributed by atoms with van der Waals surface area (Å²) in [6, 6.07) is 15.4. The summed E-state index contributed by atoms with van der Waals surface area (Å²) in [5, 5.41) is 0. The lowest BCUT2D eigenvalue weighted by Crippen LogP contribution is -2.14. The van der Waals surface area contributed by atoms with Gasteiger partial charge in [-0.1, -0.05) is 102 Å². The normalized spacial score (nSPS) is 11.9. The monoisotopic (exact) mass is 504 g/mol. The first kappa shape index (κ1) is 28.5. The van der Waals surface area contributed by atoms with Crippen LogP contribution < -0.4 is 4.74 Å². The van der Waals surface area contributed by atoms with Gasteiger partial charge in [0.2, 0.25) is 0 Å². The van der Waals surface area contributed by atoms with Crippen LogP contribution in [-0.4, -0.2) is 22.1 Å². The summed E-state index contributed by atoms with van der Waals surface area (Å²) in [4.78, 5) is 21.2. The van der Waals surface area contributed by atoms with Crippen LogP contribution >= 0.6 is 0 Å². The Kier molecular flexibility index (Phi) is 12.2. The molecule has 0 N–H and O–H groups in total. The van der Waals surface area contributed by atoms with Crippen molar-refractivity contribution in [1.82, 2.24) is 9.97 Å². The van der Waals surface area contributed by atoms with Crippen LogP contribution in [0.3, 0.4) is 0 Å². The molecule has 1 unspecified atom stereocenters. The van der Waals surface area contributed by atoms with Crippen molar-refractivity contribution in [3.63, 3.8) is 0 Å². The third-order valence-electron chi connectivity index (χ3n) is 6.60. The summed E-state index contributed by atoms with van der Waals surface area (Å²) < 4.78 is 19.2. The molecule has 5 heteroatoms. The number of carbonyl (C=O) groups is 1. The lowest BCUT2D eigenvalue weighted by molar-refractivity contribution is -0.135. The first-order valence-corrected chi connectivity index (χ1v) is 14.0. The number of unbranched alkanes of at least 4 members (excludes halogenated alkanes) is 7. The van der Waals surface area contributed by atoms with E-state index in [1.807, 2.05) is 48.8 Å². The molecule has 0 radical (unpaired) electrons. The first-order chi connectivity index (χ1) is 18.1. The van der Waals surface area contributed by atoms with Crippen LogP contribution in [0.2, 0.25) is 0 Å². The highest BCUT2D eigenvalue weighted by molar-refractivity contribution is 5.73. The topological polar surface area (TPSA) is 52.1 Å². The Balaban J connectivity index is 1.48. The average molecular weight is 505 g/mol. The molecule has 0 aliphatic carbocycles. The Morgan fingerprint density at radius 2 is 1.30 bits per heavy atom. The number of alkyl halides is 1. The smallest absolute Gasteiger partial charge is 0.314 e. The highest BCUT2D eigenvalue weighted by atomic mass is 19.1. The van der Waals surface area contributed by atoms with E-state index in [4.69, 9.17) is 4.74 Å². The molecular weight excluding hydrogens is 463 g/mol.